The van der Waals surface area contributed by atoms with Gasteiger partial charge in [-0.25, -0.2) is 13.8 Å². The second-order valence-electron chi connectivity index (χ2n) is 7.69. The van der Waals surface area contributed by atoms with Crippen molar-refractivity contribution in [3.8, 4) is 11.8 Å². The lowest BCUT2D eigenvalue weighted by molar-refractivity contribution is 0.00706. The summed E-state index contributed by atoms with van der Waals surface area (Å²) >= 11 is 6.35. The van der Waals surface area contributed by atoms with Gasteiger partial charge in [0.1, 0.15) is 24.1 Å². The Morgan fingerprint density at radius 2 is 2.00 bits per heavy atom. The van der Waals surface area contributed by atoms with Crippen molar-refractivity contribution in [2.45, 2.75) is 37.3 Å². The van der Waals surface area contributed by atoms with Crippen molar-refractivity contribution in [3.63, 3.8) is 0 Å². The molecule has 4 heterocycles. The number of hydrogen-bond donors (Lipinski definition) is 2. The summed E-state index contributed by atoms with van der Waals surface area (Å²) in [5.41, 5.74) is 1.26. The summed E-state index contributed by atoms with van der Waals surface area (Å²) in [4.78, 5) is 11.8. The number of pyridine rings is 1. The van der Waals surface area contributed by atoms with E-state index >= 15 is 0 Å². The Labute approximate surface area is 186 Å². The van der Waals surface area contributed by atoms with Crippen LogP contribution in [0.1, 0.15) is 11.3 Å². The summed E-state index contributed by atoms with van der Waals surface area (Å²) in [6.45, 7) is 0.463. The van der Waals surface area contributed by atoms with Crippen molar-refractivity contribution in [3.05, 3.63) is 46.1 Å². The quantitative estimate of drug-likeness (QED) is 0.575. The predicted molar refractivity (Wildman–Crippen MR) is 109 cm³/mol. The molecule has 2 aromatic heterocycles. The molecule has 1 aromatic carbocycles. The first kappa shape index (κ1) is 21.3. The lowest BCUT2D eigenvalue weighted by Crippen LogP contribution is -2.34. The number of methoxy groups -OCH3 is 1. The highest BCUT2D eigenvalue weighted by Gasteiger charge is 2.48. The Morgan fingerprint density at radius 1 is 1.19 bits per heavy atom. The molecular formula is C21H20ClF2N3O5. The summed E-state index contributed by atoms with van der Waals surface area (Å²) in [5.74, 6) is -1.43. The zero-order chi connectivity index (χ0) is 22.4. The highest BCUT2D eigenvalue weighted by Crippen LogP contribution is 2.31. The van der Waals surface area contributed by atoms with E-state index in [1.165, 1.54) is 13.2 Å². The second kappa shape index (κ2) is 8.43. The van der Waals surface area contributed by atoms with Crippen LogP contribution in [0.4, 0.5) is 8.78 Å². The van der Waals surface area contributed by atoms with Crippen LogP contribution in [0.2, 0.25) is 5.02 Å². The fourth-order valence-electron chi connectivity index (χ4n) is 4.06. The van der Waals surface area contributed by atoms with Crippen molar-refractivity contribution >= 4 is 22.8 Å². The molecule has 8 nitrogen and oxygen atoms in total. The minimum absolute atomic E-state index is 0.0260. The van der Waals surface area contributed by atoms with E-state index in [4.69, 9.17) is 30.5 Å². The summed E-state index contributed by atoms with van der Waals surface area (Å²) in [7, 11) is 1.32. The molecule has 0 saturated carbocycles. The minimum Gasteiger partial charge on any atom is -0.494 e. The van der Waals surface area contributed by atoms with Crippen molar-refractivity contribution in [1.29, 1.82) is 0 Å². The van der Waals surface area contributed by atoms with E-state index in [1.54, 1.807) is 6.07 Å². The molecule has 5 rings (SSSR count). The van der Waals surface area contributed by atoms with E-state index in [1.807, 2.05) is 0 Å². The molecule has 0 amide bonds. The molecule has 0 bridgehead atoms. The van der Waals surface area contributed by atoms with Gasteiger partial charge in [-0.2, -0.15) is 4.98 Å². The predicted octanol–water partition coefficient (Wildman–Crippen LogP) is 2.59. The van der Waals surface area contributed by atoms with E-state index in [0.29, 0.717) is 21.9 Å². The van der Waals surface area contributed by atoms with Crippen LogP contribution in [0.5, 0.6) is 11.8 Å². The van der Waals surface area contributed by atoms with Crippen LogP contribution >= 0.6 is 11.6 Å². The van der Waals surface area contributed by atoms with Gasteiger partial charge in [-0.3, -0.25) is 0 Å². The molecule has 2 saturated heterocycles. The Kier molecular flexibility index (Phi) is 5.62. The molecule has 2 aliphatic heterocycles. The molecular weight excluding hydrogens is 448 g/mol. The first-order valence-corrected chi connectivity index (χ1v) is 10.5. The van der Waals surface area contributed by atoms with Gasteiger partial charge in [0, 0.05) is 5.56 Å². The van der Waals surface area contributed by atoms with Crippen molar-refractivity contribution in [1.82, 2.24) is 15.0 Å². The fraction of sp³-hybridized carbons (Fsp3) is 0.429. The van der Waals surface area contributed by atoms with Crippen LogP contribution in [0, 0.1) is 11.6 Å². The van der Waals surface area contributed by atoms with Gasteiger partial charge in [0.2, 0.25) is 0 Å². The summed E-state index contributed by atoms with van der Waals surface area (Å²) in [6.07, 6.45) is -1.65. The van der Waals surface area contributed by atoms with Gasteiger partial charge >= 0.3 is 0 Å². The maximum atomic E-state index is 14.4. The normalized spacial score (nSPS) is 24.8. The number of halogens is 3. The SMILES string of the molecule is COc1ccc(F)c(CCc2nc3nc(O[C@@H]4CO[C@H]5[C@@H]4OC[C@H]5O)[nH]c3cc2Cl)c1F. The van der Waals surface area contributed by atoms with E-state index in [0.717, 1.165) is 6.07 Å². The van der Waals surface area contributed by atoms with Crippen LogP contribution in [-0.2, 0) is 22.3 Å². The smallest absolute Gasteiger partial charge is 0.296 e. The van der Waals surface area contributed by atoms with Gasteiger partial charge in [0.15, 0.2) is 23.3 Å². The number of ether oxygens (including phenoxy) is 4. The number of fused-ring (bicyclic) bond motifs is 2. The van der Waals surface area contributed by atoms with Gasteiger partial charge in [0.05, 0.1) is 36.6 Å². The molecule has 0 radical (unpaired) electrons. The molecule has 0 unspecified atom stereocenters. The number of nitrogens with one attached hydrogen (secondary N) is 1. The van der Waals surface area contributed by atoms with Gasteiger partial charge < -0.3 is 29.0 Å². The third-order valence-corrected chi connectivity index (χ3v) is 6.03. The monoisotopic (exact) mass is 467 g/mol. The Hall–Kier alpha value is -2.53. The number of nitrogens with zero attached hydrogens (tertiary/aromatic N) is 2. The van der Waals surface area contributed by atoms with E-state index in [2.05, 4.69) is 15.0 Å². The maximum absolute atomic E-state index is 14.4. The highest BCUT2D eigenvalue weighted by atomic mass is 35.5. The first-order chi connectivity index (χ1) is 15.4. The average molecular weight is 468 g/mol. The molecule has 11 heteroatoms. The van der Waals surface area contributed by atoms with E-state index in [-0.39, 0.29) is 49.5 Å². The van der Waals surface area contributed by atoms with Crippen LogP contribution in [0.3, 0.4) is 0 Å². The first-order valence-electron chi connectivity index (χ1n) is 10.1. The lowest BCUT2D eigenvalue weighted by Gasteiger charge is -2.15. The standard InChI is InChI=1S/C21H20ClF2N3O5/c1-29-15-5-3-11(23)9(17(15)24)2-4-12-10(22)6-13-20(25-12)27-21(26-13)32-16-8-31-18-14(28)7-30-19(16)18/h3,5-6,14,16,18-19,28H,2,4,7-8H2,1H3,(H,25,26,27)/t14-,16-,18-,19-/m1/s1. The van der Waals surface area contributed by atoms with E-state index < -0.39 is 29.9 Å². The molecule has 32 heavy (non-hydrogen) atoms. The largest absolute Gasteiger partial charge is 0.494 e. The summed E-state index contributed by atoms with van der Waals surface area (Å²) in [6, 6.07) is 4.26. The van der Waals surface area contributed by atoms with Crippen LogP contribution < -0.4 is 9.47 Å². The van der Waals surface area contributed by atoms with Gasteiger partial charge in [-0.1, -0.05) is 11.6 Å². The number of aromatic amines is 1. The van der Waals surface area contributed by atoms with Crippen molar-refractivity contribution in [2.24, 2.45) is 0 Å². The summed E-state index contributed by atoms with van der Waals surface area (Å²) < 4.78 is 50.4. The van der Waals surface area contributed by atoms with Crippen LogP contribution in [0.15, 0.2) is 18.2 Å². The minimum atomic E-state index is -0.739. The molecule has 2 fully saturated rings. The van der Waals surface area contributed by atoms with E-state index in [9.17, 15) is 13.9 Å². The molecule has 3 aromatic rings. The number of aliphatic hydroxyl groups is 1. The number of hydrogen-bond acceptors (Lipinski definition) is 7. The number of aryl methyl sites for hydroxylation is 1. The Balaban J connectivity index is 1.33. The van der Waals surface area contributed by atoms with Gasteiger partial charge in [-0.15, -0.1) is 0 Å². The number of aliphatic hydroxyl groups excluding tert-OH is 1. The van der Waals surface area contributed by atoms with Crippen molar-refractivity contribution in [2.75, 3.05) is 20.3 Å². The molecule has 2 N–H and O–H groups in total. The fourth-order valence-corrected chi connectivity index (χ4v) is 4.30. The number of rotatable bonds is 6. The molecule has 0 spiro atoms. The second-order valence-corrected chi connectivity index (χ2v) is 8.10. The van der Waals surface area contributed by atoms with Gasteiger partial charge in [0.25, 0.3) is 6.01 Å². The highest BCUT2D eigenvalue weighted by molar-refractivity contribution is 6.31. The zero-order valence-electron chi connectivity index (χ0n) is 17.0. The molecule has 0 aliphatic carbocycles. The number of H-pyrrole nitrogens is 1. The zero-order valence-corrected chi connectivity index (χ0v) is 17.7. The third kappa shape index (κ3) is 3.77. The van der Waals surface area contributed by atoms with Crippen LogP contribution in [-0.4, -0.2) is 64.8 Å². The topological polar surface area (TPSA) is 98.7 Å². The molecule has 2 aliphatic rings. The number of aromatic nitrogens is 3. The maximum Gasteiger partial charge on any atom is 0.296 e. The Bertz CT molecular complexity index is 1160. The number of benzene rings is 1. The summed E-state index contributed by atoms with van der Waals surface area (Å²) in [5, 5.41) is 10.2. The van der Waals surface area contributed by atoms with Crippen molar-refractivity contribution < 1.29 is 32.8 Å². The Morgan fingerprint density at radius 3 is 2.81 bits per heavy atom. The number of imidazole rings is 1. The molecule has 4 atom stereocenters. The van der Waals surface area contributed by atoms with Crippen LogP contribution in [0.25, 0.3) is 11.2 Å². The van der Waals surface area contributed by atoms with Gasteiger partial charge in [-0.05, 0) is 31.0 Å². The molecule has 170 valence electrons. The third-order valence-electron chi connectivity index (χ3n) is 5.70. The lowest BCUT2D eigenvalue weighted by atomic mass is 10.1. The average Bonchev–Trinajstić information content (AvgIpc) is 3.45.